The molecule has 2 aliphatic rings. The number of carboxylic acids is 1. The van der Waals surface area contributed by atoms with Crippen molar-refractivity contribution in [3.8, 4) is 0 Å². The number of piperidine rings is 1. The summed E-state index contributed by atoms with van der Waals surface area (Å²) in [6.07, 6.45) is 1.31. The molecule has 21 heavy (non-hydrogen) atoms. The van der Waals surface area contributed by atoms with Gasteiger partial charge in [0.05, 0.1) is 13.2 Å². The monoisotopic (exact) mass is 299 g/mol. The number of carbonyl (C=O) groups is 2. The lowest BCUT2D eigenvalue weighted by molar-refractivity contribution is -0.154. The van der Waals surface area contributed by atoms with Crippen molar-refractivity contribution in [2.75, 3.05) is 53.4 Å². The van der Waals surface area contributed by atoms with Gasteiger partial charge in [0.15, 0.2) is 6.10 Å². The second kappa shape index (κ2) is 7.09. The average molecular weight is 299 g/mol. The van der Waals surface area contributed by atoms with Gasteiger partial charge in [-0.3, -0.25) is 0 Å². The Morgan fingerprint density at radius 2 is 1.95 bits per heavy atom. The van der Waals surface area contributed by atoms with Crippen molar-refractivity contribution >= 4 is 12.0 Å². The van der Waals surface area contributed by atoms with E-state index in [0.29, 0.717) is 12.5 Å². The molecule has 0 aromatic rings. The zero-order valence-corrected chi connectivity index (χ0v) is 12.8. The maximum atomic E-state index is 12.4. The van der Waals surface area contributed by atoms with Crippen molar-refractivity contribution < 1.29 is 19.4 Å². The van der Waals surface area contributed by atoms with Gasteiger partial charge in [0.1, 0.15) is 0 Å². The average Bonchev–Trinajstić information content (AvgIpc) is 2.49. The van der Waals surface area contributed by atoms with Gasteiger partial charge in [-0.25, -0.2) is 9.59 Å². The third-order valence-electron chi connectivity index (χ3n) is 4.31. The molecule has 7 nitrogen and oxygen atoms in total. The summed E-state index contributed by atoms with van der Waals surface area (Å²) in [5.41, 5.74) is 0. The van der Waals surface area contributed by atoms with E-state index in [9.17, 15) is 9.59 Å². The first kappa shape index (κ1) is 16.0. The van der Waals surface area contributed by atoms with E-state index in [0.717, 1.165) is 32.5 Å². The van der Waals surface area contributed by atoms with E-state index in [1.807, 2.05) is 0 Å². The minimum absolute atomic E-state index is 0.0940. The number of amides is 2. The molecule has 120 valence electrons. The number of carbonyl (C=O) groups excluding carboxylic acids is 1. The maximum absolute atomic E-state index is 12.4. The van der Waals surface area contributed by atoms with Crippen molar-refractivity contribution in [3.05, 3.63) is 0 Å². The lowest BCUT2D eigenvalue weighted by Gasteiger charge is -2.36. The normalized spacial score (nSPS) is 24.9. The fourth-order valence-corrected chi connectivity index (χ4v) is 2.92. The molecule has 0 spiro atoms. The number of aliphatic carboxylic acids is 1. The van der Waals surface area contributed by atoms with Crippen LogP contribution in [0.25, 0.3) is 0 Å². The molecular formula is C14H25N3O4. The maximum Gasteiger partial charge on any atom is 0.334 e. The molecule has 2 aliphatic heterocycles. The van der Waals surface area contributed by atoms with E-state index in [4.69, 9.17) is 9.84 Å². The number of likely N-dealkylation sites (tertiary alicyclic amines) is 1. The second-order valence-corrected chi connectivity index (χ2v) is 6.05. The predicted molar refractivity (Wildman–Crippen MR) is 77.2 cm³/mol. The van der Waals surface area contributed by atoms with Crippen molar-refractivity contribution in [3.63, 3.8) is 0 Å². The van der Waals surface area contributed by atoms with Crippen LogP contribution in [-0.4, -0.2) is 91.3 Å². The number of urea groups is 1. The third-order valence-corrected chi connectivity index (χ3v) is 4.31. The first-order valence-electron chi connectivity index (χ1n) is 7.50. The van der Waals surface area contributed by atoms with Crippen molar-refractivity contribution in [1.29, 1.82) is 0 Å². The summed E-state index contributed by atoms with van der Waals surface area (Å²) in [6, 6.07) is -0.0940. The van der Waals surface area contributed by atoms with Gasteiger partial charge in [0.25, 0.3) is 0 Å². The summed E-state index contributed by atoms with van der Waals surface area (Å²) in [7, 11) is 3.91. The quantitative estimate of drug-likeness (QED) is 0.804. The Morgan fingerprint density at radius 1 is 1.29 bits per heavy atom. The lowest BCUT2D eigenvalue weighted by atomic mass is 9.97. The largest absolute Gasteiger partial charge is 0.479 e. The smallest absolute Gasteiger partial charge is 0.334 e. The molecule has 2 amide bonds. The van der Waals surface area contributed by atoms with E-state index in [-0.39, 0.29) is 19.2 Å². The molecule has 0 aromatic carbocycles. The van der Waals surface area contributed by atoms with Crippen LogP contribution in [0.3, 0.4) is 0 Å². The molecule has 0 saturated carbocycles. The molecule has 1 unspecified atom stereocenters. The van der Waals surface area contributed by atoms with E-state index in [1.54, 1.807) is 16.8 Å². The topological polar surface area (TPSA) is 73.3 Å². The molecule has 0 aromatic heterocycles. The van der Waals surface area contributed by atoms with Crippen LogP contribution < -0.4 is 0 Å². The van der Waals surface area contributed by atoms with Gasteiger partial charge in [-0.2, -0.15) is 0 Å². The van der Waals surface area contributed by atoms with E-state index in [2.05, 4.69) is 11.9 Å². The first-order chi connectivity index (χ1) is 9.97. The minimum atomic E-state index is -1.01. The Morgan fingerprint density at radius 3 is 2.57 bits per heavy atom. The zero-order valence-electron chi connectivity index (χ0n) is 12.8. The highest BCUT2D eigenvalue weighted by atomic mass is 16.5. The van der Waals surface area contributed by atoms with Crippen LogP contribution in [0.2, 0.25) is 0 Å². The van der Waals surface area contributed by atoms with Crippen LogP contribution in [0, 0.1) is 5.92 Å². The van der Waals surface area contributed by atoms with Gasteiger partial charge in [-0.15, -0.1) is 0 Å². The summed E-state index contributed by atoms with van der Waals surface area (Å²) in [5, 5.41) is 8.98. The number of rotatable bonds is 3. The number of hydrogen-bond donors (Lipinski definition) is 1. The highest BCUT2D eigenvalue weighted by molar-refractivity contribution is 5.77. The summed E-state index contributed by atoms with van der Waals surface area (Å²) in [4.78, 5) is 29.0. The molecule has 0 bridgehead atoms. The number of hydrogen-bond acceptors (Lipinski definition) is 4. The van der Waals surface area contributed by atoms with Crippen molar-refractivity contribution in [2.45, 2.75) is 18.9 Å². The van der Waals surface area contributed by atoms with Crippen molar-refractivity contribution in [2.24, 2.45) is 5.92 Å². The first-order valence-corrected chi connectivity index (χ1v) is 7.50. The molecule has 7 heteroatoms. The standard InChI is InChI=1S/C14H25N3O4/c1-15-5-3-11(4-6-15)9-16(2)14(20)17-7-8-21-12(10-17)13(18)19/h11-12H,3-10H2,1-2H3,(H,18,19). The van der Waals surface area contributed by atoms with Gasteiger partial charge in [-0.05, 0) is 38.9 Å². The fourth-order valence-electron chi connectivity index (χ4n) is 2.92. The Kier molecular flexibility index (Phi) is 5.41. The Bertz CT molecular complexity index is 382. The summed E-state index contributed by atoms with van der Waals surface area (Å²) in [5.74, 6) is -0.475. The highest BCUT2D eigenvalue weighted by Gasteiger charge is 2.31. The summed E-state index contributed by atoms with van der Waals surface area (Å²) >= 11 is 0. The van der Waals surface area contributed by atoms with Crippen LogP contribution in [0.4, 0.5) is 4.79 Å². The Hall–Kier alpha value is -1.34. The summed E-state index contributed by atoms with van der Waals surface area (Å²) < 4.78 is 5.14. The highest BCUT2D eigenvalue weighted by Crippen LogP contribution is 2.18. The van der Waals surface area contributed by atoms with Gasteiger partial charge < -0.3 is 24.5 Å². The molecule has 2 saturated heterocycles. The fraction of sp³-hybridized carbons (Fsp3) is 0.857. The van der Waals surface area contributed by atoms with Crippen LogP contribution in [-0.2, 0) is 9.53 Å². The van der Waals surface area contributed by atoms with E-state index >= 15 is 0 Å². The number of morpholine rings is 1. The molecule has 2 rings (SSSR count). The zero-order chi connectivity index (χ0) is 15.4. The summed E-state index contributed by atoms with van der Waals surface area (Å²) in [6.45, 7) is 3.76. The van der Waals surface area contributed by atoms with Crippen LogP contribution in [0.15, 0.2) is 0 Å². The lowest BCUT2D eigenvalue weighted by Crippen LogP contribution is -2.53. The van der Waals surface area contributed by atoms with E-state index < -0.39 is 12.1 Å². The van der Waals surface area contributed by atoms with Crippen LogP contribution in [0.1, 0.15) is 12.8 Å². The molecule has 1 atom stereocenters. The Balaban J connectivity index is 1.82. The molecule has 0 radical (unpaired) electrons. The van der Waals surface area contributed by atoms with Crippen molar-refractivity contribution in [1.82, 2.24) is 14.7 Å². The number of carboxylic acid groups (broad SMARTS) is 1. The Labute approximate surface area is 125 Å². The molecule has 2 fully saturated rings. The number of nitrogens with zero attached hydrogens (tertiary/aromatic N) is 3. The van der Waals surface area contributed by atoms with Gasteiger partial charge >= 0.3 is 12.0 Å². The van der Waals surface area contributed by atoms with Crippen LogP contribution in [0.5, 0.6) is 0 Å². The molecule has 0 aliphatic carbocycles. The molecular weight excluding hydrogens is 274 g/mol. The number of ether oxygens (including phenoxy) is 1. The van der Waals surface area contributed by atoms with Crippen LogP contribution >= 0.6 is 0 Å². The second-order valence-electron chi connectivity index (χ2n) is 6.05. The predicted octanol–water partition coefficient (Wildman–Crippen LogP) is 0.165. The van der Waals surface area contributed by atoms with Gasteiger partial charge in [0, 0.05) is 20.1 Å². The molecule has 2 heterocycles. The third kappa shape index (κ3) is 4.31. The van der Waals surface area contributed by atoms with Gasteiger partial charge in [0.2, 0.25) is 0 Å². The van der Waals surface area contributed by atoms with E-state index in [1.165, 1.54) is 0 Å². The SMILES string of the molecule is CN1CCC(CN(C)C(=O)N2CCOC(C(=O)O)C2)CC1. The molecule has 1 N–H and O–H groups in total. The minimum Gasteiger partial charge on any atom is -0.479 e. The van der Waals surface area contributed by atoms with Gasteiger partial charge in [-0.1, -0.05) is 0 Å².